The zero-order valence-electron chi connectivity index (χ0n) is 5.95. The summed E-state index contributed by atoms with van der Waals surface area (Å²) in [6.45, 7) is 0. The second-order valence-electron chi connectivity index (χ2n) is 2.31. The lowest BCUT2D eigenvalue weighted by Crippen LogP contribution is -1.76. The van der Waals surface area contributed by atoms with E-state index in [1.54, 1.807) is 17.4 Å². The summed E-state index contributed by atoms with van der Waals surface area (Å²) in [7, 11) is 0. The van der Waals surface area contributed by atoms with Crippen LogP contribution in [0.15, 0.2) is 18.2 Å². The minimum absolute atomic E-state index is 0.711. The summed E-state index contributed by atoms with van der Waals surface area (Å²) in [5.41, 5.74) is 1.68. The molecule has 0 radical (unpaired) electrons. The third kappa shape index (κ3) is 1.36. The Bertz CT molecular complexity index is 438. The van der Waals surface area contributed by atoms with Gasteiger partial charge in [0.15, 0.2) is 3.01 Å². The Hall–Kier alpha value is -0.490. The van der Waals surface area contributed by atoms with Gasteiger partial charge in [-0.25, -0.2) is 4.98 Å². The van der Waals surface area contributed by atoms with Crippen LogP contribution < -0.4 is 0 Å². The number of hydrogen-bond donors (Lipinski definition) is 0. The van der Waals surface area contributed by atoms with E-state index in [4.69, 9.17) is 0 Å². The highest BCUT2D eigenvalue weighted by Crippen LogP contribution is 2.23. The molecule has 0 atom stereocenters. The van der Waals surface area contributed by atoms with Crippen molar-refractivity contribution in [3.05, 3.63) is 26.8 Å². The van der Waals surface area contributed by atoms with Gasteiger partial charge in [0.25, 0.3) is 0 Å². The van der Waals surface area contributed by atoms with E-state index in [0.717, 1.165) is 19.5 Å². The van der Waals surface area contributed by atoms with Gasteiger partial charge in [-0.2, -0.15) is 0 Å². The van der Waals surface area contributed by atoms with Gasteiger partial charge >= 0.3 is 0 Å². The van der Waals surface area contributed by atoms with Crippen LogP contribution in [0.2, 0.25) is 0 Å². The maximum atomic E-state index is 10.4. The monoisotopic (exact) mass is 289 g/mol. The Morgan fingerprint density at radius 2 is 2.33 bits per heavy atom. The van der Waals surface area contributed by atoms with Crippen molar-refractivity contribution >= 4 is 50.4 Å². The molecule has 1 aromatic heterocycles. The van der Waals surface area contributed by atoms with Crippen LogP contribution in [0.4, 0.5) is 0 Å². The normalized spacial score (nSPS) is 10.4. The average molecular weight is 289 g/mol. The van der Waals surface area contributed by atoms with Crippen molar-refractivity contribution in [2.75, 3.05) is 0 Å². The maximum Gasteiger partial charge on any atom is 0.155 e. The van der Waals surface area contributed by atoms with Crippen LogP contribution in [0.25, 0.3) is 10.2 Å². The summed E-state index contributed by atoms with van der Waals surface area (Å²) >= 11 is 3.77. The van der Waals surface area contributed by atoms with Gasteiger partial charge in [0.1, 0.15) is 6.29 Å². The second-order valence-corrected chi connectivity index (χ2v) is 5.10. The number of nitrogens with zero attached hydrogens (tertiary/aromatic N) is 1. The topological polar surface area (TPSA) is 30.0 Å². The lowest BCUT2D eigenvalue weighted by Gasteiger charge is -1.87. The van der Waals surface area contributed by atoms with Crippen molar-refractivity contribution < 1.29 is 4.79 Å². The van der Waals surface area contributed by atoms with Crippen LogP contribution >= 0.6 is 33.9 Å². The van der Waals surface area contributed by atoms with Crippen LogP contribution in [-0.4, -0.2) is 11.3 Å². The molecule has 1 heterocycles. The molecule has 60 valence electrons. The molecule has 0 unspecified atom stereocenters. The minimum atomic E-state index is 0.711. The molecule has 0 N–H and O–H groups in total. The summed E-state index contributed by atoms with van der Waals surface area (Å²) in [4.78, 5) is 14.7. The van der Waals surface area contributed by atoms with Crippen LogP contribution in [0.5, 0.6) is 0 Å². The highest BCUT2D eigenvalue weighted by atomic mass is 127. The van der Waals surface area contributed by atoms with Gasteiger partial charge in [-0.05, 0) is 40.8 Å². The largest absolute Gasteiger partial charge is 0.298 e. The fourth-order valence-corrected chi connectivity index (χ4v) is 2.70. The molecular weight excluding hydrogens is 285 g/mol. The molecule has 0 spiro atoms. The van der Waals surface area contributed by atoms with Crippen LogP contribution in [0, 0.1) is 3.01 Å². The molecular formula is C8H4INOS. The van der Waals surface area contributed by atoms with E-state index >= 15 is 0 Å². The smallest absolute Gasteiger partial charge is 0.155 e. The van der Waals surface area contributed by atoms with Crippen molar-refractivity contribution in [1.82, 2.24) is 4.98 Å². The zero-order valence-corrected chi connectivity index (χ0v) is 8.93. The molecule has 12 heavy (non-hydrogen) atoms. The van der Waals surface area contributed by atoms with Gasteiger partial charge in [-0.3, -0.25) is 4.79 Å². The first-order chi connectivity index (χ1) is 5.79. The molecule has 1 aromatic carbocycles. The zero-order chi connectivity index (χ0) is 8.55. The summed E-state index contributed by atoms with van der Waals surface area (Å²) in [6, 6.07) is 5.52. The molecule has 2 nitrogen and oxygen atoms in total. The Morgan fingerprint density at radius 1 is 1.50 bits per heavy atom. The summed E-state index contributed by atoms with van der Waals surface area (Å²) < 4.78 is 2.08. The molecule has 2 aromatic rings. The molecule has 0 saturated heterocycles. The number of hydrogen-bond acceptors (Lipinski definition) is 3. The molecule has 0 fully saturated rings. The van der Waals surface area contributed by atoms with E-state index in [2.05, 4.69) is 27.6 Å². The maximum absolute atomic E-state index is 10.4. The lowest BCUT2D eigenvalue weighted by atomic mass is 10.2. The molecule has 0 amide bonds. The Kier molecular flexibility index (Phi) is 2.10. The summed E-state index contributed by atoms with van der Waals surface area (Å²) in [6.07, 6.45) is 0.853. The van der Waals surface area contributed by atoms with Gasteiger partial charge in [-0.1, -0.05) is 0 Å². The fourth-order valence-electron chi connectivity index (χ4n) is 0.986. The number of aromatic nitrogens is 1. The van der Waals surface area contributed by atoms with Crippen molar-refractivity contribution in [2.24, 2.45) is 0 Å². The number of carbonyl (C=O) groups is 1. The van der Waals surface area contributed by atoms with Crippen molar-refractivity contribution in [3.63, 3.8) is 0 Å². The number of halogens is 1. The van der Waals surface area contributed by atoms with E-state index in [9.17, 15) is 4.79 Å². The highest BCUT2D eigenvalue weighted by molar-refractivity contribution is 14.1. The van der Waals surface area contributed by atoms with Crippen molar-refractivity contribution in [1.29, 1.82) is 0 Å². The Morgan fingerprint density at radius 3 is 3.08 bits per heavy atom. The summed E-state index contributed by atoms with van der Waals surface area (Å²) in [5.74, 6) is 0. The molecule has 4 heteroatoms. The third-order valence-electron chi connectivity index (χ3n) is 1.52. The molecule has 0 saturated carbocycles. The first-order valence-corrected chi connectivity index (χ1v) is 5.20. The van der Waals surface area contributed by atoms with Gasteiger partial charge in [-0.15, -0.1) is 11.3 Å². The summed E-state index contributed by atoms with van der Waals surface area (Å²) in [5, 5.41) is 0. The molecule has 2 rings (SSSR count). The number of thiazole rings is 1. The van der Waals surface area contributed by atoms with Crippen LogP contribution in [-0.2, 0) is 0 Å². The van der Waals surface area contributed by atoms with Crippen molar-refractivity contribution in [3.8, 4) is 0 Å². The first-order valence-electron chi connectivity index (χ1n) is 3.31. The first kappa shape index (κ1) is 8.12. The standard InChI is InChI=1S/C8H4INOS/c9-8-10-6-2-1-5(4-11)3-7(6)12-8/h1-4H. The predicted molar refractivity (Wildman–Crippen MR) is 57.7 cm³/mol. The number of fused-ring (bicyclic) bond motifs is 1. The molecule has 0 aliphatic heterocycles. The molecule has 0 bridgehead atoms. The number of carbonyl (C=O) groups excluding carboxylic acids is 1. The van der Waals surface area contributed by atoms with E-state index in [1.807, 2.05) is 12.1 Å². The number of benzene rings is 1. The Balaban J connectivity index is 2.74. The number of rotatable bonds is 1. The lowest BCUT2D eigenvalue weighted by molar-refractivity contribution is 0.112. The second kappa shape index (κ2) is 3.10. The van der Waals surface area contributed by atoms with Crippen LogP contribution in [0.3, 0.4) is 0 Å². The fraction of sp³-hybridized carbons (Fsp3) is 0. The van der Waals surface area contributed by atoms with E-state index in [-0.39, 0.29) is 0 Å². The molecule has 0 aliphatic carbocycles. The van der Waals surface area contributed by atoms with Gasteiger partial charge in [0.2, 0.25) is 0 Å². The SMILES string of the molecule is O=Cc1ccc2nc(I)sc2c1. The minimum Gasteiger partial charge on any atom is -0.298 e. The average Bonchev–Trinajstić information content (AvgIpc) is 2.43. The van der Waals surface area contributed by atoms with E-state index in [1.165, 1.54) is 0 Å². The van der Waals surface area contributed by atoms with E-state index in [0.29, 0.717) is 5.56 Å². The number of aldehydes is 1. The predicted octanol–water partition coefficient (Wildman–Crippen LogP) is 2.71. The van der Waals surface area contributed by atoms with Crippen molar-refractivity contribution in [2.45, 2.75) is 0 Å². The van der Waals surface area contributed by atoms with Crippen LogP contribution in [0.1, 0.15) is 10.4 Å². The third-order valence-corrected chi connectivity index (χ3v) is 3.23. The Labute approximate surface area is 86.8 Å². The van der Waals surface area contributed by atoms with Gasteiger partial charge in [0, 0.05) is 5.56 Å². The quantitative estimate of drug-likeness (QED) is 0.597. The molecule has 0 aliphatic rings. The van der Waals surface area contributed by atoms with Gasteiger partial charge in [0.05, 0.1) is 10.2 Å². The highest BCUT2D eigenvalue weighted by Gasteiger charge is 2.00. The van der Waals surface area contributed by atoms with Gasteiger partial charge < -0.3 is 0 Å². The van der Waals surface area contributed by atoms with E-state index < -0.39 is 0 Å².